The topological polar surface area (TPSA) is 102 Å². The standard InChI is InChI=1S/C24H18F2N2O5S2/c25-17-1-13-23(14-2-17)34(29,30)27-19-5-9-21(10-6-19)33-22-11-7-20(8-12-22)28-35(31,32)24-15-3-18(26)4-16-24/h1-16,27-28H. The SMILES string of the molecule is O=S(=O)(Nc1ccc(Oc2ccc(NS(=O)(=O)c3ccc(F)cc3)cc2)cc1)c1ccc(F)cc1. The number of hydrogen-bond acceptors (Lipinski definition) is 5. The van der Waals surface area contributed by atoms with Crippen molar-refractivity contribution in [3.8, 4) is 11.5 Å². The van der Waals surface area contributed by atoms with E-state index in [2.05, 4.69) is 9.44 Å². The van der Waals surface area contributed by atoms with E-state index in [4.69, 9.17) is 4.74 Å². The second kappa shape index (κ2) is 9.72. The molecule has 11 heteroatoms. The van der Waals surface area contributed by atoms with E-state index >= 15 is 0 Å². The van der Waals surface area contributed by atoms with Crippen LogP contribution >= 0.6 is 0 Å². The van der Waals surface area contributed by atoms with Gasteiger partial charge in [0.1, 0.15) is 23.1 Å². The average Bonchev–Trinajstić information content (AvgIpc) is 2.82. The van der Waals surface area contributed by atoms with Crippen LogP contribution < -0.4 is 14.2 Å². The molecule has 0 unspecified atom stereocenters. The van der Waals surface area contributed by atoms with E-state index in [1.807, 2.05) is 0 Å². The Kier molecular flexibility index (Phi) is 6.72. The molecular formula is C24H18F2N2O5S2. The van der Waals surface area contributed by atoms with E-state index in [-0.39, 0.29) is 21.2 Å². The Hall–Kier alpha value is -3.96. The molecule has 180 valence electrons. The van der Waals surface area contributed by atoms with Gasteiger partial charge < -0.3 is 4.74 Å². The molecule has 2 N–H and O–H groups in total. The first kappa shape index (κ1) is 24.2. The minimum Gasteiger partial charge on any atom is -0.457 e. The lowest BCUT2D eigenvalue weighted by atomic mass is 10.3. The molecule has 0 radical (unpaired) electrons. The largest absolute Gasteiger partial charge is 0.457 e. The van der Waals surface area contributed by atoms with Gasteiger partial charge >= 0.3 is 0 Å². The van der Waals surface area contributed by atoms with Gasteiger partial charge in [0.15, 0.2) is 0 Å². The highest BCUT2D eigenvalue weighted by Gasteiger charge is 2.15. The number of hydrogen-bond donors (Lipinski definition) is 2. The lowest BCUT2D eigenvalue weighted by molar-refractivity contribution is 0.483. The monoisotopic (exact) mass is 516 g/mol. The number of sulfonamides is 2. The summed E-state index contributed by atoms with van der Waals surface area (Å²) in [6.07, 6.45) is 0. The molecule has 4 aromatic rings. The number of benzene rings is 4. The van der Waals surface area contributed by atoms with Crippen molar-refractivity contribution >= 4 is 31.4 Å². The van der Waals surface area contributed by atoms with Crippen LogP contribution in [0.5, 0.6) is 11.5 Å². The summed E-state index contributed by atoms with van der Waals surface area (Å²) < 4.78 is 86.1. The lowest BCUT2D eigenvalue weighted by Gasteiger charge is -2.11. The minimum atomic E-state index is -3.88. The van der Waals surface area contributed by atoms with Gasteiger partial charge in [0.25, 0.3) is 20.0 Å². The number of rotatable bonds is 8. The summed E-state index contributed by atoms with van der Waals surface area (Å²) in [5.74, 6) is -0.253. The fraction of sp³-hybridized carbons (Fsp3) is 0. The van der Waals surface area contributed by atoms with Crippen LogP contribution in [-0.4, -0.2) is 16.8 Å². The summed E-state index contributed by atoms with van der Waals surface area (Å²) in [7, 11) is -7.75. The summed E-state index contributed by atoms with van der Waals surface area (Å²) in [6, 6.07) is 21.1. The van der Waals surface area contributed by atoms with Crippen molar-refractivity contribution in [1.29, 1.82) is 0 Å². The van der Waals surface area contributed by atoms with Crippen molar-refractivity contribution in [1.82, 2.24) is 0 Å². The second-order valence-electron chi connectivity index (χ2n) is 7.27. The fourth-order valence-corrected chi connectivity index (χ4v) is 5.09. The first-order valence-electron chi connectivity index (χ1n) is 10.1. The van der Waals surface area contributed by atoms with Gasteiger partial charge in [0.2, 0.25) is 0 Å². The molecular weight excluding hydrogens is 498 g/mol. The van der Waals surface area contributed by atoms with Crippen molar-refractivity contribution in [2.24, 2.45) is 0 Å². The van der Waals surface area contributed by atoms with Crippen LogP contribution in [0.4, 0.5) is 20.2 Å². The molecule has 0 amide bonds. The molecule has 0 fully saturated rings. The molecule has 0 atom stereocenters. The molecule has 0 spiro atoms. The van der Waals surface area contributed by atoms with Gasteiger partial charge in [-0.2, -0.15) is 0 Å². The van der Waals surface area contributed by atoms with E-state index < -0.39 is 31.7 Å². The fourth-order valence-electron chi connectivity index (χ4n) is 2.97. The number of nitrogens with one attached hydrogen (secondary N) is 2. The van der Waals surface area contributed by atoms with Crippen molar-refractivity contribution in [2.45, 2.75) is 9.79 Å². The summed E-state index contributed by atoms with van der Waals surface area (Å²) in [6.45, 7) is 0. The van der Waals surface area contributed by atoms with Crippen molar-refractivity contribution in [3.63, 3.8) is 0 Å². The van der Waals surface area contributed by atoms with Crippen molar-refractivity contribution < 1.29 is 30.4 Å². The van der Waals surface area contributed by atoms with E-state index in [1.165, 1.54) is 48.5 Å². The minimum absolute atomic E-state index is 0.0747. The predicted octanol–water partition coefficient (Wildman–Crippen LogP) is 5.36. The van der Waals surface area contributed by atoms with Crippen LogP contribution in [0.15, 0.2) is 107 Å². The Morgan fingerprint density at radius 1 is 0.486 bits per heavy atom. The molecule has 0 bridgehead atoms. The quantitative estimate of drug-likeness (QED) is 0.328. The molecule has 4 rings (SSSR count). The molecule has 35 heavy (non-hydrogen) atoms. The Morgan fingerprint density at radius 2 is 0.800 bits per heavy atom. The summed E-state index contributed by atoms with van der Waals surface area (Å²) >= 11 is 0. The molecule has 0 aliphatic heterocycles. The maximum Gasteiger partial charge on any atom is 0.261 e. The van der Waals surface area contributed by atoms with Gasteiger partial charge in [0, 0.05) is 11.4 Å². The number of anilines is 2. The number of halogens is 2. The lowest BCUT2D eigenvalue weighted by Crippen LogP contribution is -2.12. The number of ether oxygens (including phenoxy) is 1. The Bertz CT molecular complexity index is 1410. The summed E-state index contributed by atoms with van der Waals surface area (Å²) in [5.41, 5.74) is 0.569. The maximum atomic E-state index is 13.0. The van der Waals surface area contributed by atoms with Crippen LogP contribution in [0, 0.1) is 11.6 Å². The van der Waals surface area contributed by atoms with E-state index in [0.717, 1.165) is 24.3 Å². The van der Waals surface area contributed by atoms with Crippen molar-refractivity contribution in [2.75, 3.05) is 9.44 Å². The molecule has 0 aromatic heterocycles. The van der Waals surface area contributed by atoms with E-state index in [0.29, 0.717) is 11.5 Å². The van der Waals surface area contributed by atoms with Crippen LogP contribution in [-0.2, 0) is 20.0 Å². The highest BCUT2D eigenvalue weighted by Crippen LogP contribution is 2.26. The Morgan fingerprint density at radius 3 is 1.11 bits per heavy atom. The van der Waals surface area contributed by atoms with Crippen LogP contribution in [0.2, 0.25) is 0 Å². The Labute approximate surface area is 201 Å². The smallest absolute Gasteiger partial charge is 0.261 e. The zero-order valence-corrected chi connectivity index (χ0v) is 19.5. The first-order chi connectivity index (χ1) is 16.6. The third-order valence-corrected chi connectivity index (χ3v) is 7.49. The molecule has 0 saturated carbocycles. The van der Waals surface area contributed by atoms with Crippen LogP contribution in [0.25, 0.3) is 0 Å². The highest BCUT2D eigenvalue weighted by molar-refractivity contribution is 7.93. The zero-order chi connectivity index (χ0) is 25.1. The second-order valence-corrected chi connectivity index (χ2v) is 10.6. The summed E-state index contributed by atoms with van der Waals surface area (Å²) in [4.78, 5) is -0.149. The van der Waals surface area contributed by atoms with Gasteiger partial charge in [-0.05, 0) is 97.1 Å². The van der Waals surface area contributed by atoms with Crippen LogP contribution in [0.3, 0.4) is 0 Å². The molecule has 4 aromatic carbocycles. The van der Waals surface area contributed by atoms with Crippen LogP contribution in [0.1, 0.15) is 0 Å². The highest BCUT2D eigenvalue weighted by atomic mass is 32.2. The maximum absolute atomic E-state index is 13.0. The molecule has 7 nitrogen and oxygen atoms in total. The van der Waals surface area contributed by atoms with Gasteiger partial charge in [-0.1, -0.05) is 0 Å². The Balaban J connectivity index is 1.39. The van der Waals surface area contributed by atoms with E-state index in [1.54, 1.807) is 24.3 Å². The molecule has 0 aliphatic carbocycles. The molecule has 0 heterocycles. The van der Waals surface area contributed by atoms with Crippen molar-refractivity contribution in [3.05, 3.63) is 109 Å². The van der Waals surface area contributed by atoms with Gasteiger partial charge in [0.05, 0.1) is 9.79 Å². The van der Waals surface area contributed by atoms with Gasteiger partial charge in [-0.15, -0.1) is 0 Å². The first-order valence-corrected chi connectivity index (χ1v) is 13.0. The summed E-state index contributed by atoms with van der Waals surface area (Å²) in [5, 5.41) is 0. The normalized spacial score (nSPS) is 11.6. The third kappa shape index (κ3) is 6.14. The predicted molar refractivity (Wildman–Crippen MR) is 127 cm³/mol. The molecule has 0 saturated heterocycles. The van der Waals surface area contributed by atoms with Gasteiger partial charge in [-0.3, -0.25) is 9.44 Å². The third-order valence-electron chi connectivity index (χ3n) is 4.70. The van der Waals surface area contributed by atoms with E-state index in [9.17, 15) is 25.6 Å². The molecule has 0 aliphatic rings. The zero-order valence-electron chi connectivity index (χ0n) is 17.9. The average molecular weight is 517 g/mol. The van der Waals surface area contributed by atoms with Gasteiger partial charge in [-0.25, -0.2) is 25.6 Å².